The summed E-state index contributed by atoms with van der Waals surface area (Å²) in [5.74, 6) is 2.76. The van der Waals surface area contributed by atoms with Crippen molar-refractivity contribution in [3.05, 3.63) is 158 Å². The van der Waals surface area contributed by atoms with Crippen LogP contribution in [0.4, 0.5) is 0 Å². The van der Waals surface area contributed by atoms with E-state index in [-0.39, 0.29) is 0 Å². The first-order valence-electron chi connectivity index (χ1n) is 17.0. The fourth-order valence-corrected chi connectivity index (χ4v) is 7.24. The molecule has 0 spiro atoms. The number of nitrogens with zero attached hydrogens (tertiary/aromatic N) is 6. The molecule has 0 fully saturated rings. The Morgan fingerprint density at radius 2 is 0.981 bits per heavy atom. The van der Waals surface area contributed by atoms with Gasteiger partial charge in [-0.2, -0.15) is 0 Å². The van der Waals surface area contributed by atoms with Crippen LogP contribution in [0.5, 0.6) is 0 Å². The van der Waals surface area contributed by atoms with Crippen LogP contribution in [-0.4, -0.2) is 29.1 Å². The maximum Gasteiger partial charge on any atom is 0.227 e. The van der Waals surface area contributed by atoms with Crippen LogP contribution in [0.1, 0.15) is 0 Å². The molecule has 0 aliphatic heterocycles. The Morgan fingerprint density at radius 3 is 1.58 bits per heavy atom. The van der Waals surface area contributed by atoms with Crippen molar-refractivity contribution in [2.24, 2.45) is 0 Å². The van der Waals surface area contributed by atoms with Gasteiger partial charge in [0, 0.05) is 39.3 Å². The summed E-state index contributed by atoms with van der Waals surface area (Å²) in [7, 11) is 0. The Bertz CT molecular complexity index is 2930. The third-order valence-corrected chi connectivity index (χ3v) is 9.66. The van der Waals surface area contributed by atoms with Crippen molar-refractivity contribution < 1.29 is 8.83 Å². The highest BCUT2D eigenvalue weighted by Crippen LogP contribution is 2.38. The second kappa shape index (κ2) is 11.1. The molecule has 0 aliphatic carbocycles. The summed E-state index contributed by atoms with van der Waals surface area (Å²) in [6, 6.07) is 50.9. The van der Waals surface area contributed by atoms with Crippen molar-refractivity contribution in [3.63, 3.8) is 0 Å². The molecule has 0 atom stereocenters. The van der Waals surface area contributed by atoms with Gasteiger partial charge in [0.25, 0.3) is 0 Å². The Balaban J connectivity index is 1.09. The molecule has 11 aromatic rings. The number of rotatable bonds is 5. The first-order valence-corrected chi connectivity index (χ1v) is 17.0. The van der Waals surface area contributed by atoms with Crippen LogP contribution in [0, 0.1) is 0 Å². The maximum absolute atomic E-state index is 6.19. The lowest BCUT2D eigenvalue weighted by molar-refractivity contribution is 0.619. The number of aromatic nitrogens is 6. The number of hydrogen-bond acceptors (Lipinski definition) is 6. The van der Waals surface area contributed by atoms with Gasteiger partial charge in [0.05, 0.1) is 22.1 Å². The quantitative estimate of drug-likeness (QED) is 0.181. The van der Waals surface area contributed by atoms with Crippen molar-refractivity contribution in [1.82, 2.24) is 29.1 Å². The lowest BCUT2D eigenvalue weighted by atomic mass is 10.1. The minimum atomic E-state index is 0.572. The van der Waals surface area contributed by atoms with Crippen molar-refractivity contribution in [2.75, 3.05) is 0 Å². The van der Waals surface area contributed by atoms with Gasteiger partial charge in [0.1, 0.15) is 22.7 Å². The van der Waals surface area contributed by atoms with E-state index in [1.807, 2.05) is 91.1 Å². The Morgan fingerprint density at radius 1 is 0.423 bits per heavy atom. The van der Waals surface area contributed by atoms with Crippen LogP contribution >= 0.6 is 0 Å². The topological polar surface area (TPSA) is 87.7 Å². The highest BCUT2D eigenvalue weighted by Gasteiger charge is 2.20. The molecule has 244 valence electrons. The number of pyridine rings is 1. The second-order valence-corrected chi connectivity index (χ2v) is 12.8. The minimum Gasteiger partial charge on any atom is -0.436 e. The lowest BCUT2D eigenvalue weighted by Crippen LogP contribution is -2.00. The van der Waals surface area contributed by atoms with E-state index in [1.54, 1.807) is 0 Å². The molecular weight excluding hydrogens is 645 g/mol. The van der Waals surface area contributed by atoms with Gasteiger partial charge in [-0.05, 0) is 97.1 Å². The molecule has 6 aromatic carbocycles. The van der Waals surface area contributed by atoms with E-state index >= 15 is 0 Å². The molecular formula is C44H26N6O2. The Hall–Kier alpha value is -7.32. The molecule has 5 aromatic heterocycles. The Kier molecular flexibility index (Phi) is 6.08. The van der Waals surface area contributed by atoms with Gasteiger partial charge >= 0.3 is 0 Å². The summed E-state index contributed by atoms with van der Waals surface area (Å²) in [4.78, 5) is 19.7. The molecule has 0 bridgehead atoms. The summed E-state index contributed by atoms with van der Waals surface area (Å²) in [6.45, 7) is 0. The van der Waals surface area contributed by atoms with Gasteiger partial charge in [-0.15, -0.1) is 0 Å². The number of benzene rings is 6. The van der Waals surface area contributed by atoms with E-state index < -0.39 is 0 Å². The summed E-state index contributed by atoms with van der Waals surface area (Å²) in [5, 5.41) is 2.06. The van der Waals surface area contributed by atoms with E-state index in [9.17, 15) is 0 Å². The fourth-order valence-electron chi connectivity index (χ4n) is 7.24. The van der Waals surface area contributed by atoms with Crippen molar-refractivity contribution in [3.8, 4) is 45.8 Å². The normalized spacial score (nSPS) is 11.8. The fraction of sp³-hybridized carbons (Fsp3) is 0. The molecule has 5 heterocycles. The van der Waals surface area contributed by atoms with Gasteiger partial charge in [-0.1, -0.05) is 54.6 Å². The van der Waals surface area contributed by atoms with Gasteiger partial charge < -0.3 is 8.83 Å². The SMILES string of the molecule is c1ccc(-n2c(-c3ccc(-n4c5ccc(-c6nc7ccccc7o6)cc5c5cc(-c6nc7ccccc7o6)ccc54)nc3)nc3ccccc32)cc1. The number of fused-ring (bicyclic) bond motifs is 6. The molecule has 8 heteroatoms. The van der Waals surface area contributed by atoms with Crippen LogP contribution < -0.4 is 0 Å². The highest BCUT2D eigenvalue weighted by molar-refractivity contribution is 6.11. The van der Waals surface area contributed by atoms with Crippen LogP contribution in [0.25, 0.3) is 101 Å². The average Bonchev–Trinajstić information content (AvgIpc) is 3.99. The van der Waals surface area contributed by atoms with Crippen molar-refractivity contribution in [2.45, 2.75) is 0 Å². The predicted molar refractivity (Wildman–Crippen MR) is 205 cm³/mol. The van der Waals surface area contributed by atoms with Crippen LogP contribution in [0.15, 0.2) is 167 Å². The molecule has 0 amide bonds. The molecule has 8 nitrogen and oxygen atoms in total. The van der Waals surface area contributed by atoms with E-state index in [2.05, 4.69) is 75.9 Å². The summed E-state index contributed by atoms with van der Waals surface area (Å²) in [6.07, 6.45) is 1.91. The lowest BCUT2D eigenvalue weighted by Gasteiger charge is -2.11. The largest absolute Gasteiger partial charge is 0.436 e. The maximum atomic E-state index is 6.19. The zero-order valence-electron chi connectivity index (χ0n) is 27.5. The van der Waals surface area contributed by atoms with Crippen LogP contribution in [0.2, 0.25) is 0 Å². The molecule has 0 aliphatic rings. The molecule has 0 unspecified atom stereocenters. The van der Waals surface area contributed by atoms with E-state index in [4.69, 9.17) is 28.8 Å². The summed E-state index contributed by atoms with van der Waals surface area (Å²) >= 11 is 0. The van der Waals surface area contributed by atoms with Gasteiger partial charge in [-0.25, -0.2) is 19.9 Å². The predicted octanol–water partition coefficient (Wildman–Crippen LogP) is 10.8. The average molecular weight is 671 g/mol. The molecule has 11 rings (SSSR count). The number of imidazole rings is 1. The standard InChI is InChI=1S/C44H26N6O2/c1-2-10-30(11-3-1)49-38-15-7-4-12-33(38)46-42(49)29-20-23-41(45-26-29)50-36-21-18-27(43-47-34-13-5-8-16-39(34)51-43)24-31(36)32-25-28(19-22-37(32)50)44-48-35-14-6-9-17-40(35)52-44/h1-26H. The monoisotopic (exact) mass is 670 g/mol. The molecule has 0 saturated carbocycles. The van der Waals surface area contributed by atoms with E-state index in [0.717, 1.165) is 89.1 Å². The van der Waals surface area contributed by atoms with Gasteiger partial charge in [0.2, 0.25) is 11.8 Å². The zero-order valence-corrected chi connectivity index (χ0v) is 27.5. The number of oxazole rings is 2. The highest BCUT2D eigenvalue weighted by atomic mass is 16.4. The third kappa shape index (κ3) is 4.41. The Labute approximate surface area is 295 Å². The summed E-state index contributed by atoms with van der Waals surface area (Å²) < 4.78 is 16.8. The number of hydrogen-bond donors (Lipinski definition) is 0. The molecule has 0 radical (unpaired) electrons. The summed E-state index contributed by atoms with van der Waals surface area (Å²) in [5.41, 5.74) is 10.9. The number of para-hydroxylation sites is 7. The second-order valence-electron chi connectivity index (χ2n) is 12.8. The molecule has 0 saturated heterocycles. The van der Waals surface area contributed by atoms with Crippen LogP contribution in [-0.2, 0) is 0 Å². The molecule has 0 N–H and O–H groups in total. The smallest absolute Gasteiger partial charge is 0.227 e. The van der Waals surface area contributed by atoms with Gasteiger partial charge in [0.15, 0.2) is 11.2 Å². The van der Waals surface area contributed by atoms with Crippen LogP contribution in [0.3, 0.4) is 0 Å². The molecule has 52 heavy (non-hydrogen) atoms. The van der Waals surface area contributed by atoms with Crippen molar-refractivity contribution >= 4 is 55.0 Å². The first-order chi connectivity index (χ1) is 25.7. The minimum absolute atomic E-state index is 0.572. The third-order valence-electron chi connectivity index (χ3n) is 9.66. The zero-order chi connectivity index (χ0) is 34.2. The first kappa shape index (κ1) is 28.5. The van der Waals surface area contributed by atoms with E-state index in [1.165, 1.54) is 0 Å². The van der Waals surface area contributed by atoms with E-state index in [0.29, 0.717) is 11.8 Å². The van der Waals surface area contributed by atoms with Gasteiger partial charge in [-0.3, -0.25) is 9.13 Å². The van der Waals surface area contributed by atoms with Crippen molar-refractivity contribution in [1.29, 1.82) is 0 Å².